The minimum absolute atomic E-state index is 0.114. The fraction of sp³-hybridized carbons (Fsp3) is 0.429. The van der Waals surface area contributed by atoms with Crippen molar-refractivity contribution < 1.29 is 9.32 Å². The summed E-state index contributed by atoms with van der Waals surface area (Å²) in [6, 6.07) is 1.83. The second-order valence-corrected chi connectivity index (χ2v) is 7.51. The molecule has 4 rings (SSSR count). The van der Waals surface area contributed by atoms with E-state index in [1.807, 2.05) is 38.7 Å². The van der Waals surface area contributed by atoms with Crippen molar-refractivity contribution in [1.29, 1.82) is 0 Å². The Balaban J connectivity index is 1.72. The van der Waals surface area contributed by atoms with Crippen LogP contribution in [-0.2, 0) is 0 Å². The molecule has 0 unspecified atom stereocenters. The topological polar surface area (TPSA) is 97.9 Å². The number of carbonyl (C=O) groups excluding carboxylic acids is 1. The van der Waals surface area contributed by atoms with Gasteiger partial charge < -0.3 is 9.42 Å². The summed E-state index contributed by atoms with van der Waals surface area (Å²) in [4.78, 5) is 32.9. The first-order valence-electron chi connectivity index (χ1n) is 9.82. The Morgan fingerprint density at radius 2 is 1.90 bits per heavy atom. The lowest BCUT2D eigenvalue weighted by Crippen LogP contribution is -2.39. The molecule has 0 saturated carbocycles. The Morgan fingerprint density at radius 3 is 2.59 bits per heavy atom. The van der Waals surface area contributed by atoms with Gasteiger partial charge in [0.2, 0.25) is 0 Å². The lowest BCUT2D eigenvalue weighted by atomic mass is 9.98. The Kier molecular flexibility index (Phi) is 5.08. The van der Waals surface area contributed by atoms with Crippen LogP contribution in [0.15, 0.2) is 23.0 Å². The van der Waals surface area contributed by atoms with Gasteiger partial charge in [0, 0.05) is 18.4 Å². The molecule has 1 atom stereocenters. The number of nitrogens with zero attached hydrogens (tertiary/aromatic N) is 6. The molecular weight excluding hydrogens is 368 g/mol. The summed E-state index contributed by atoms with van der Waals surface area (Å²) >= 11 is 0. The van der Waals surface area contributed by atoms with Gasteiger partial charge in [0.05, 0.1) is 34.9 Å². The number of carbonyl (C=O) groups is 1. The number of aromatic nitrogens is 5. The summed E-state index contributed by atoms with van der Waals surface area (Å²) in [7, 11) is 0. The largest absolute Gasteiger partial charge is 0.361 e. The normalized spacial score (nSPS) is 16.8. The molecule has 3 aromatic heterocycles. The molecule has 29 heavy (non-hydrogen) atoms. The highest BCUT2D eigenvalue weighted by Crippen LogP contribution is 2.33. The van der Waals surface area contributed by atoms with Crippen LogP contribution in [0.5, 0.6) is 0 Å². The number of likely N-dealkylation sites (tertiary alicyclic amines) is 1. The molecule has 3 aromatic rings. The molecule has 1 aliphatic rings. The quantitative estimate of drug-likeness (QED) is 0.672. The lowest BCUT2D eigenvalue weighted by molar-refractivity contribution is 0.0599. The SMILES string of the molecule is Cc1cnc(C(=O)N2CCCC[C@H]2c2cc(C)nc(-c3c(C)noc3C)n2)cn1. The molecule has 1 fully saturated rings. The third-order valence-corrected chi connectivity index (χ3v) is 5.24. The van der Waals surface area contributed by atoms with Crippen LogP contribution in [0.25, 0.3) is 11.4 Å². The van der Waals surface area contributed by atoms with Gasteiger partial charge in [-0.2, -0.15) is 0 Å². The van der Waals surface area contributed by atoms with Gasteiger partial charge >= 0.3 is 0 Å². The Bertz CT molecular complexity index is 1020. The maximum absolute atomic E-state index is 13.2. The second kappa shape index (κ2) is 7.69. The molecule has 0 spiro atoms. The maximum Gasteiger partial charge on any atom is 0.274 e. The van der Waals surface area contributed by atoms with Gasteiger partial charge in [-0.1, -0.05) is 5.16 Å². The van der Waals surface area contributed by atoms with Gasteiger partial charge in [-0.3, -0.25) is 9.78 Å². The van der Waals surface area contributed by atoms with Gasteiger partial charge in [0.1, 0.15) is 11.5 Å². The van der Waals surface area contributed by atoms with Gasteiger partial charge in [-0.15, -0.1) is 0 Å². The summed E-state index contributed by atoms with van der Waals surface area (Å²) in [6.07, 6.45) is 6.02. The van der Waals surface area contributed by atoms with E-state index in [1.165, 1.54) is 0 Å². The Labute approximate surface area is 169 Å². The van der Waals surface area contributed by atoms with E-state index in [-0.39, 0.29) is 11.9 Å². The number of hydrogen-bond donors (Lipinski definition) is 0. The van der Waals surface area contributed by atoms with Crippen molar-refractivity contribution >= 4 is 5.91 Å². The number of amides is 1. The van der Waals surface area contributed by atoms with Crippen molar-refractivity contribution in [3.05, 3.63) is 52.7 Å². The lowest BCUT2D eigenvalue weighted by Gasteiger charge is -2.35. The van der Waals surface area contributed by atoms with Crippen LogP contribution in [0.2, 0.25) is 0 Å². The monoisotopic (exact) mass is 392 g/mol. The van der Waals surface area contributed by atoms with Crippen molar-refractivity contribution in [2.24, 2.45) is 0 Å². The van der Waals surface area contributed by atoms with Crippen LogP contribution < -0.4 is 0 Å². The summed E-state index contributed by atoms with van der Waals surface area (Å²) in [5.74, 6) is 1.16. The van der Waals surface area contributed by atoms with Crippen LogP contribution >= 0.6 is 0 Å². The average Bonchev–Trinajstić information content (AvgIpc) is 3.05. The minimum atomic E-state index is -0.125. The fourth-order valence-electron chi connectivity index (χ4n) is 3.81. The molecule has 0 bridgehead atoms. The van der Waals surface area contributed by atoms with Crippen molar-refractivity contribution in [3.8, 4) is 11.4 Å². The molecule has 150 valence electrons. The van der Waals surface area contributed by atoms with E-state index >= 15 is 0 Å². The molecule has 4 heterocycles. The first kappa shape index (κ1) is 19.2. The second-order valence-electron chi connectivity index (χ2n) is 7.51. The summed E-state index contributed by atoms with van der Waals surface area (Å²) in [6.45, 7) is 8.19. The summed E-state index contributed by atoms with van der Waals surface area (Å²) in [5.41, 5.74) is 4.39. The Morgan fingerprint density at radius 1 is 1.07 bits per heavy atom. The molecule has 8 heteroatoms. The van der Waals surface area contributed by atoms with Crippen LogP contribution in [0.1, 0.15) is 64.3 Å². The average molecular weight is 392 g/mol. The third kappa shape index (κ3) is 3.74. The van der Waals surface area contributed by atoms with Gasteiger partial charge in [0.15, 0.2) is 5.82 Å². The van der Waals surface area contributed by atoms with E-state index in [1.54, 1.807) is 12.4 Å². The van der Waals surface area contributed by atoms with Gasteiger partial charge in [-0.25, -0.2) is 15.0 Å². The van der Waals surface area contributed by atoms with Crippen molar-refractivity contribution in [3.63, 3.8) is 0 Å². The van der Waals surface area contributed by atoms with Crippen molar-refractivity contribution in [1.82, 2.24) is 30.0 Å². The highest BCUT2D eigenvalue weighted by Gasteiger charge is 2.31. The molecule has 1 amide bonds. The Hall–Kier alpha value is -3.16. The summed E-state index contributed by atoms with van der Waals surface area (Å²) in [5, 5.41) is 4.02. The predicted molar refractivity (Wildman–Crippen MR) is 106 cm³/mol. The summed E-state index contributed by atoms with van der Waals surface area (Å²) < 4.78 is 5.29. The molecular formula is C21H24N6O2. The standard InChI is InChI=1S/C21H24N6O2/c1-12-9-16(25-20(24-12)19-14(3)26-29-15(19)4)18-7-5-6-8-27(18)21(28)17-11-22-13(2)10-23-17/h9-11,18H,5-8H2,1-4H3/t18-/m0/s1. The molecule has 0 aromatic carbocycles. The smallest absolute Gasteiger partial charge is 0.274 e. The van der Waals surface area contributed by atoms with Crippen molar-refractivity contribution in [2.75, 3.05) is 6.54 Å². The zero-order valence-corrected chi connectivity index (χ0v) is 17.1. The van der Waals surface area contributed by atoms with E-state index < -0.39 is 0 Å². The zero-order valence-electron chi connectivity index (χ0n) is 17.1. The number of aryl methyl sites for hydroxylation is 4. The van der Waals surface area contributed by atoms with Gasteiger partial charge in [0.25, 0.3) is 5.91 Å². The van der Waals surface area contributed by atoms with E-state index in [0.717, 1.165) is 47.6 Å². The predicted octanol–water partition coefficient (Wildman–Crippen LogP) is 3.52. The third-order valence-electron chi connectivity index (χ3n) is 5.24. The number of rotatable bonds is 3. The van der Waals surface area contributed by atoms with E-state index in [4.69, 9.17) is 9.51 Å². The molecule has 0 aliphatic carbocycles. The highest BCUT2D eigenvalue weighted by atomic mass is 16.5. The van der Waals surface area contributed by atoms with Crippen LogP contribution in [0, 0.1) is 27.7 Å². The molecule has 0 radical (unpaired) electrons. The van der Waals surface area contributed by atoms with Gasteiger partial charge in [-0.05, 0) is 53.0 Å². The molecule has 8 nitrogen and oxygen atoms in total. The highest BCUT2D eigenvalue weighted by molar-refractivity contribution is 5.92. The van der Waals surface area contributed by atoms with E-state index in [9.17, 15) is 4.79 Å². The first-order chi connectivity index (χ1) is 13.9. The van der Waals surface area contributed by atoms with E-state index in [0.29, 0.717) is 23.8 Å². The number of hydrogen-bond acceptors (Lipinski definition) is 7. The molecule has 1 aliphatic heterocycles. The van der Waals surface area contributed by atoms with Crippen LogP contribution in [0.3, 0.4) is 0 Å². The first-order valence-corrected chi connectivity index (χ1v) is 9.82. The van der Waals surface area contributed by atoms with E-state index in [2.05, 4.69) is 20.1 Å². The minimum Gasteiger partial charge on any atom is -0.361 e. The molecule has 1 saturated heterocycles. The fourth-order valence-corrected chi connectivity index (χ4v) is 3.81. The maximum atomic E-state index is 13.2. The number of piperidine rings is 1. The molecule has 0 N–H and O–H groups in total. The van der Waals surface area contributed by atoms with Crippen LogP contribution in [-0.4, -0.2) is 42.4 Å². The van der Waals surface area contributed by atoms with Crippen molar-refractivity contribution in [2.45, 2.75) is 53.0 Å². The van der Waals surface area contributed by atoms with Crippen LogP contribution in [0.4, 0.5) is 0 Å². The zero-order chi connectivity index (χ0) is 20.5.